The fourth-order valence-corrected chi connectivity index (χ4v) is 4.19. The highest BCUT2D eigenvalue weighted by Crippen LogP contribution is 2.31. The van der Waals surface area contributed by atoms with E-state index in [4.69, 9.17) is 0 Å². The van der Waals surface area contributed by atoms with E-state index in [0.29, 0.717) is 25.9 Å². The summed E-state index contributed by atoms with van der Waals surface area (Å²) in [7, 11) is 0. The van der Waals surface area contributed by atoms with Gasteiger partial charge in [0.25, 0.3) is 5.91 Å². The molecule has 4 nitrogen and oxygen atoms in total. The number of aliphatic hydroxyl groups is 1. The minimum Gasteiger partial charge on any atom is -0.390 e. The molecule has 0 spiro atoms. The largest absolute Gasteiger partial charge is 0.390 e. The molecule has 1 aliphatic rings. The molecule has 0 aliphatic carbocycles. The minimum atomic E-state index is -0.638. The number of aryl methyl sites for hydroxylation is 1. The predicted octanol–water partition coefficient (Wildman–Crippen LogP) is 3.17. The van der Waals surface area contributed by atoms with Crippen molar-refractivity contribution in [3.63, 3.8) is 0 Å². The summed E-state index contributed by atoms with van der Waals surface area (Å²) in [5, 5.41) is 14.9. The molecule has 112 valence electrons. The van der Waals surface area contributed by atoms with Gasteiger partial charge in [0.15, 0.2) is 0 Å². The number of rotatable bonds is 2. The van der Waals surface area contributed by atoms with Crippen molar-refractivity contribution >= 4 is 28.6 Å². The lowest BCUT2D eigenvalue weighted by Gasteiger charge is -2.35. The number of aromatic nitrogens is 1. The van der Waals surface area contributed by atoms with Gasteiger partial charge in [0.2, 0.25) is 0 Å². The van der Waals surface area contributed by atoms with Crippen molar-refractivity contribution < 1.29 is 9.90 Å². The Morgan fingerprint density at radius 3 is 2.76 bits per heavy atom. The van der Waals surface area contributed by atoms with Crippen LogP contribution in [-0.4, -0.2) is 39.6 Å². The number of amides is 1. The molecule has 0 saturated carbocycles. The second kappa shape index (κ2) is 5.51. The van der Waals surface area contributed by atoms with Crippen molar-refractivity contribution in [3.05, 3.63) is 27.4 Å². The van der Waals surface area contributed by atoms with Gasteiger partial charge in [0.1, 0.15) is 9.88 Å². The van der Waals surface area contributed by atoms with Crippen LogP contribution in [0.1, 0.15) is 35.1 Å². The topological polar surface area (TPSA) is 53.4 Å². The summed E-state index contributed by atoms with van der Waals surface area (Å²) in [6.45, 7) is 4.94. The van der Waals surface area contributed by atoms with Crippen LogP contribution in [0.3, 0.4) is 0 Å². The highest BCUT2D eigenvalue weighted by atomic mass is 32.1. The van der Waals surface area contributed by atoms with E-state index >= 15 is 0 Å². The van der Waals surface area contributed by atoms with Crippen LogP contribution in [0.5, 0.6) is 0 Å². The number of likely N-dealkylation sites (tertiary alicyclic amines) is 1. The van der Waals surface area contributed by atoms with Crippen molar-refractivity contribution in [3.8, 4) is 10.6 Å². The molecule has 1 amide bonds. The Morgan fingerprint density at radius 1 is 1.43 bits per heavy atom. The lowest BCUT2D eigenvalue weighted by Crippen LogP contribution is -2.45. The minimum absolute atomic E-state index is 0.0435. The molecule has 0 atom stereocenters. The first kappa shape index (κ1) is 14.7. The normalized spacial score (nSPS) is 18.0. The van der Waals surface area contributed by atoms with E-state index in [-0.39, 0.29) is 5.91 Å². The third-order valence-electron chi connectivity index (χ3n) is 3.89. The van der Waals surface area contributed by atoms with E-state index < -0.39 is 5.60 Å². The number of thiazole rings is 1. The lowest BCUT2D eigenvalue weighted by molar-refractivity contribution is -0.00190. The molecule has 0 bridgehead atoms. The zero-order valence-corrected chi connectivity index (χ0v) is 13.8. The zero-order chi connectivity index (χ0) is 15.0. The molecule has 2 aromatic rings. The standard InChI is InChI=1S/C15H18N2O2S2/c1-10-12(21-13(16-10)11-3-8-20-9-11)14(18)17-6-4-15(2,19)5-7-17/h3,8-9,19H,4-7H2,1-2H3. The third-order valence-corrected chi connectivity index (χ3v) is 5.76. The summed E-state index contributed by atoms with van der Waals surface area (Å²) >= 11 is 3.09. The quantitative estimate of drug-likeness (QED) is 0.924. The molecule has 0 unspecified atom stereocenters. The van der Waals surface area contributed by atoms with E-state index in [1.165, 1.54) is 11.3 Å². The van der Waals surface area contributed by atoms with Gasteiger partial charge in [0, 0.05) is 24.0 Å². The maximum absolute atomic E-state index is 12.6. The van der Waals surface area contributed by atoms with Gasteiger partial charge >= 0.3 is 0 Å². The van der Waals surface area contributed by atoms with Gasteiger partial charge in [-0.25, -0.2) is 4.98 Å². The molecule has 1 N–H and O–H groups in total. The van der Waals surface area contributed by atoms with Crippen LogP contribution in [0.25, 0.3) is 10.6 Å². The second-order valence-corrected chi connectivity index (χ2v) is 7.51. The fraction of sp³-hybridized carbons (Fsp3) is 0.467. The first-order valence-electron chi connectivity index (χ1n) is 6.98. The number of nitrogens with zero attached hydrogens (tertiary/aromatic N) is 2. The zero-order valence-electron chi connectivity index (χ0n) is 12.1. The van der Waals surface area contributed by atoms with Crippen molar-refractivity contribution in [1.29, 1.82) is 0 Å². The molecule has 3 heterocycles. The Labute approximate surface area is 132 Å². The van der Waals surface area contributed by atoms with Crippen molar-refractivity contribution in [1.82, 2.24) is 9.88 Å². The van der Waals surface area contributed by atoms with Crippen molar-refractivity contribution in [2.45, 2.75) is 32.3 Å². The molecule has 1 fully saturated rings. The predicted molar refractivity (Wildman–Crippen MR) is 85.9 cm³/mol. The van der Waals surface area contributed by atoms with Crippen LogP contribution in [-0.2, 0) is 0 Å². The van der Waals surface area contributed by atoms with Gasteiger partial charge in [-0.15, -0.1) is 11.3 Å². The summed E-state index contributed by atoms with van der Waals surface area (Å²) in [5.74, 6) is 0.0435. The van der Waals surface area contributed by atoms with Gasteiger partial charge in [-0.05, 0) is 38.1 Å². The smallest absolute Gasteiger partial charge is 0.265 e. The maximum Gasteiger partial charge on any atom is 0.265 e. The number of piperidine rings is 1. The summed E-state index contributed by atoms with van der Waals surface area (Å²) < 4.78 is 0. The van der Waals surface area contributed by atoms with Crippen LogP contribution in [0.4, 0.5) is 0 Å². The van der Waals surface area contributed by atoms with Crippen LogP contribution in [0.15, 0.2) is 16.8 Å². The molecule has 6 heteroatoms. The molecular weight excluding hydrogens is 304 g/mol. The van der Waals surface area contributed by atoms with Crippen LogP contribution in [0, 0.1) is 6.92 Å². The van der Waals surface area contributed by atoms with E-state index in [2.05, 4.69) is 4.98 Å². The Kier molecular flexibility index (Phi) is 3.86. The van der Waals surface area contributed by atoms with Gasteiger partial charge < -0.3 is 10.0 Å². The summed E-state index contributed by atoms with van der Waals surface area (Å²) in [6.07, 6.45) is 1.27. The van der Waals surface area contributed by atoms with Crippen LogP contribution in [0.2, 0.25) is 0 Å². The Bertz CT molecular complexity index is 637. The van der Waals surface area contributed by atoms with Crippen LogP contribution >= 0.6 is 22.7 Å². The highest BCUT2D eigenvalue weighted by Gasteiger charge is 2.31. The Morgan fingerprint density at radius 2 is 2.14 bits per heavy atom. The third kappa shape index (κ3) is 3.02. The monoisotopic (exact) mass is 322 g/mol. The number of carbonyl (C=O) groups is 1. The number of carbonyl (C=O) groups excluding carboxylic acids is 1. The molecule has 2 aromatic heterocycles. The molecule has 21 heavy (non-hydrogen) atoms. The fourth-order valence-electron chi connectivity index (χ4n) is 2.44. The number of thiophene rings is 1. The Balaban J connectivity index is 1.79. The summed E-state index contributed by atoms with van der Waals surface area (Å²) in [5.41, 5.74) is 1.23. The van der Waals surface area contributed by atoms with Crippen molar-refractivity contribution in [2.75, 3.05) is 13.1 Å². The number of hydrogen-bond acceptors (Lipinski definition) is 5. The second-order valence-electron chi connectivity index (χ2n) is 5.73. The SMILES string of the molecule is Cc1nc(-c2ccsc2)sc1C(=O)N1CCC(C)(O)CC1. The first-order chi connectivity index (χ1) is 9.96. The summed E-state index contributed by atoms with van der Waals surface area (Å²) in [4.78, 5) is 19.7. The van der Waals surface area contributed by atoms with E-state index in [1.54, 1.807) is 11.3 Å². The van der Waals surface area contributed by atoms with Crippen molar-refractivity contribution in [2.24, 2.45) is 0 Å². The maximum atomic E-state index is 12.6. The molecular formula is C15H18N2O2S2. The molecule has 3 rings (SSSR count). The number of hydrogen-bond donors (Lipinski definition) is 1. The first-order valence-corrected chi connectivity index (χ1v) is 8.74. The van der Waals surface area contributed by atoms with Gasteiger partial charge in [0.05, 0.1) is 11.3 Å². The van der Waals surface area contributed by atoms with Crippen LogP contribution < -0.4 is 0 Å². The van der Waals surface area contributed by atoms with E-state index in [9.17, 15) is 9.90 Å². The lowest BCUT2D eigenvalue weighted by atomic mass is 9.94. The van der Waals surface area contributed by atoms with E-state index in [0.717, 1.165) is 21.1 Å². The average molecular weight is 322 g/mol. The summed E-state index contributed by atoms with van der Waals surface area (Å²) in [6, 6.07) is 2.02. The molecule has 1 aliphatic heterocycles. The van der Waals surface area contributed by atoms with Gasteiger partial charge in [-0.1, -0.05) is 0 Å². The Hall–Kier alpha value is -1.24. The van der Waals surface area contributed by atoms with Gasteiger partial charge in [-0.2, -0.15) is 11.3 Å². The molecule has 0 aromatic carbocycles. The molecule has 0 radical (unpaired) electrons. The highest BCUT2D eigenvalue weighted by molar-refractivity contribution is 7.17. The average Bonchev–Trinajstić information content (AvgIpc) is 3.07. The van der Waals surface area contributed by atoms with Gasteiger partial charge in [-0.3, -0.25) is 4.79 Å². The molecule has 1 saturated heterocycles. The van der Waals surface area contributed by atoms with E-state index in [1.807, 2.05) is 35.6 Å².